The van der Waals surface area contributed by atoms with Gasteiger partial charge in [0.15, 0.2) is 0 Å². The number of anilines is 1. The van der Waals surface area contributed by atoms with Crippen LogP contribution in [0.25, 0.3) is 0 Å². The van der Waals surface area contributed by atoms with Crippen molar-refractivity contribution in [2.24, 2.45) is 0 Å². The van der Waals surface area contributed by atoms with Crippen molar-refractivity contribution in [3.63, 3.8) is 0 Å². The van der Waals surface area contributed by atoms with Gasteiger partial charge < -0.3 is 5.73 Å². The standard InChI is InChI=1S/C10H6F9NO2S/c11-8(12,13)7(9(14,15)16,10(17,18)19)23(21,22)6-3-1-2-5(20)4-6/h1-4H,20H2. The molecule has 0 amide bonds. The fourth-order valence-electron chi connectivity index (χ4n) is 1.80. The van der Waals surface area contributed by atoms with Gasteiger partial charge in [-0.2, -0.15) is 39.5 Å². The Morgan fingerprint density at radius 2 is 1.17 bits per heavy atom. The Bertz CT molecular complexity index is 651. The van der Waals surface area contributed by atoms with Crippen molar-refractivity contribution in [2.75, 3.05) is 5.73 Å². The van der Waals surface area contributed by atoms with E-state index in [0.717, 1.165) is 6.07 Å². The van der Waals surface area contributed by atoms with Gasteiger partial charge in [-0.3, -0.25) is 0 Å². The van der Waals surface area contributed by atoms with Crippen molar-refractivity contribution >= 4 is 15.5 Å². The highest BCUT2D eigenvalue weighted by molar-refractivity contribution is 7.93. The molecule has 13 heteroatoms. The van der Waals surface area contributed by atoms with Crippen molar-refractivity contribution in [1.29, 1.82) is 0 Å². The average molecular weight is 375 g/mol. The summed E-state index contributed by atoms with van der Waals surface area (Å²) in [6.45, 7) is 0. The zero-order valence-electron chi connectivity index (χ0n) is 10.5. The molecule has 3 nitrogen and oxygen atoms in total. The van der Waals surface area contributed by atoms with E-state index in [2.05, 4.69) is 0 Å². The number of sulfone groups is 1. The molecule has 23 heavy (non-hydrogen) atoms. The molecule has 0 aliphatic rings. The molecule has 0 heterocycles. The van der Waals surface area contributed by atoms with Crippen molar-refractivity contribution in [1.82, 2.24) is 0 Å². The highest BCUT2D eigenvalue weighted by Gasteiger charge is 2.90. The average Bonchev–Trinajstić information content (AvgIpc) is 2.22. The van der Waals surface area contributed by atoms with Gasteiger partial charge in [0.1, 0.15) is 0 Å². The minimum Gasteiger partial charge on any atom is -0.399 e. The second-order valence-corrected chi connectivity index (χ2v) is 6.34. The molecule has 2 N–H and O–H groups in total. The first-order valence-electron chi connectivity index (χ1n) is 5.30. The first kappa shape index (κ1) is 19.4. The Kier molecular flexibility index (Phi) is 4.36. The molecule has 0 aliphatic carbocycles. The second kappa shape index (κ2) is 5.18. The molecule has 0 atom stereocenters. The fourth-order valence-corrected chi connectivity index (χ4v) is 3.61. The predicted molar refractivity (Wildman–Crippen MR) is 58.9 cm³/mol. The summed E-state index contributed by atoms with van der Waals surface area (Å²) in [7, 11) is -7.01. The summed E-state index contributed by atoms with van der Waals surface area (Å²) in [6.07, 6.45) is -21.6. The van der Waals surface area contributed by atoms with E-state index in [1.807, 2.05) is 0 Å². The predicted octanol–water partition coefficient (Wildman–Crippen LogP) is 3.47. The highest BCUT2D eigenvalue weighted by atomic mass is 32.2. The van der Waals surface area contributed by atoms with Crippen molar-refractivity contribution < 1.29 is 47.9 Å². The molecule has 0 radical (unpaired) electrons. The SMILES string of the molecule is Nc1cccc(S(=O)(=O)C(C(F)(F)F)(C(F)(F)F)C(F)(F)F)c1. The first-order chi connectivity index (χ1) is 10.00. The lowest BCUT2D eigenvalue weighted by molar-refractivity contribution is -0.347. The fraction of sp³-hybridized carbons (Fsp3) is 0.400. The first-order valence-corrected chi connectivity index (χ1v) is 6.79. The third-order valence-electron chi connectivity index (χ3n) is 2.77. The van der Waals surface area contributed by atoms with E-state index in [1.165, 1.54) is 0 Å². The Morgan fingerprint density at radius 3 is 1.48 bits per heavy atom. The van der Waals surface area contributed by atoms with Crippen LogP contribution < -0.4 is 5.73 Å². The maximum absolute atomic E-state index is 12.8. The molecule has 0 fully saturated rings. The lowest BCUT2D eigenvalue weighted by Crippen LogP contribution is -2.70. The zero-order chi connectivity index (χ0) is 18.5. The van der Waals surface area contributed by atoms with Crippen molar-refractivity contribution in [3.8, 4) is 0 Å². The molecule has 1 aromatic carbocycles. The molecule has 0 unspecified atom stereocenters. The Balaban J connectivity index is 4.00. The number of rotatable bonds is 2. The largest absolute Gasteiger partial charge is 0.426 e. The highest BCUT2D eigenvalue weighted by Crippen LogP contribution is 2.58. The van der Waals surface area contributed by atoms with E-state index in [0.29, 0.717) is 6.07 Å². The number of nitrogen functional groups attached to an aromatic ring is 1. The van der Waals surface area contributed by atoms with Crippen molar-refractivity contribution in [3.05, 3.63) is 24.3 Å². The van der Waals surface area contributed by atoms with Crippen LogP contribution in [-0.4, -0.2) is 31.7 Å². The smallest absolute Gasteiger partial charge is 0.399 e. The maximum Gasteiger partial charge on any atom is 0.426 e. The molecule has 1 aromatic rings. The maximum atomic E-state index is 12.8. The molecular formula is C10H6F9NO2S. The lowest BCUT2D eigenvalue weighted by Gasteiger charge is -2.37. The van der Waals surface area contributed by atoms with Gasteiger partial charge >= 0.3 is 23.3 Å². The van der Waals surface area contributed by atoms with E-state index >= 15 is 0 Å². The summed E-state index contributed by atoms with van der Waals surface area (Å²) in [5.74, 6) is 0. The molecule has 0 spiro atoms. The van der Waals surface area contributed by atoms with Crippen LogP contribution in [0.3, 0.4) is 0 Å². The van der Waals surface area contributed by atoms with Gasteiger partial charge in [-0.15, -0.1) is 0 Å². The topological polar surface area (TPSA) is 60.2 Å². The third kappa shape index (κ3) is 2.70. The zero-order valence-corrected chi connectivity index (χ0v) is 11.3. The van der Waals surface area contributed by atoms with Gasteiger partial charge in [-0.05, 0) is 18.2 Å². The summed E-state index contributed by atoms with van der Waals surface area (Å²) in [4.78, 5) is -1.86. The number of benzene rings is 1. The molecule has 0 aliphatic heterocycles. The van der Waals surface area contributed by atoms with Gasteiger partial charge in [-0.1, -0.05) is 6.07 Å². The molecule has 0 bridgehead atoms. The quantitative estimate of drug-likeness (QED) is 0.636. The van der Waals surface area contributed by atoms with Crippen LogP contribution in [0, 0.1) is 0 Å². The molecule has 0 saturated heterocycles. The van der Waals surface area contributed by atoms with Gasteiger partial charge in [0, 0.05) is 5.69 Å². The van der Waals surface area contributed by atoms with E-state index in [1.54, 1.807) is 0 Å². The van der Waals surface area contributed by atoms with Crippen LogP contribution in [0.1, 0.15) is 0 Å². The summed E-state index contributed by atoms with van der Waals surface area (Å²) < 4.78 is 132. The number of hydrogen-bond acceptors (Lipinski definition) is 3. The van der Waals surface area contributed by atoms with Crippen LogP contribution in [0.5, 0.6) is 0 Å². The normalized spacial score (nSPS) is 14.8. The van der Waals surface area contributed by atoms with Gasteiger partial charge in [0.05, 0.1) is 4.90 Å². The summed E-state index contributed by atoms with van der Waals surface area (Å²) >= 11 is 0. The second-order valence-electron chi connectivity index (χ2n) is 4.25. The number of nitrogens with two attached hydrogens (primary N) is 1. The number of alkyl halides is 9. The van der Waals surface area contributed by atoms with Gasteiger partial charge in [-0.25, -0.2) is 8.42 Å². The minimum absolute atomic E-state index is 0.0767. The molecule has 1 rings (SSSR count). The number of hydrogen-bond donors (Lipinski definition) is 1. The Labute approximate surface area is 122 Å². The third-order valence-corrected chi connectivity index (χ3v) is 5.14. The van der Waals surface area contributed by atoms with E-state index in [-0.39, 0.29) is 12.1 Å². The number of halogens is 9. The van der Waals surface area contributed by atoms with Crippen LogP contribution in [0.4, 0.5) is 45.2 Å². The minimum atomic E-state index is -7.22. The van der Waals surface area contributed by atoms with Crippen LogP contribution in [0.15, 0.2) is 29.2 Å². The van der Waals surface area contributed by atoms with Crippen LogP contribution in [-0.2, 0) is 9.84 Å². The van der Waals surface area contributed by atoms with E-state index in [4.69, 9.17) is 5.73 Å². The van der Waals surface area contributed by atoms with Crippen molar-refractivity contribution in [2.45, 2.75) is 28.2 Å². The molecule has 0 saturated carbocycles. The van der Waals surface area contributed by atoms with E-state index in [9.17, 15) is 47.9 Å². The molecule has 132 valence electrons. The summed E-state index contributed by atoms with van der Waals surface area (Å²) in [6, 6.07) is 1.71. The van der Waals surface area contributed by atoms with Crippen LogP contribution in [0.2, 0.25) is 0 Å². The van der Waals surface area contributed by atoms with Gasteiger partial charge in [0.25, 0.3) is 0 Å². The molecular weight excluding hydrogens is 369 g/mol. The lowest BCUT2D eigenvalue weighted by atomic mass is 10.1. The summed E-state index contributed by atoms with van der Waals surface area (Å²) in [5.41, 5.74) is 4.38. The Hall–Kier alpha value is -1.66. The molecule has 0 aromatic heterocycles. The Morgan fingerprint density at radius 1 is 0.783 bits per heavy atom. The summed E-state index contributed by atoms with van der Waals surface area (Å²) in [5, 5.41) is 0. The van der Waals surface area contributed by atoms with Crippen LogP contribution >= 0.6 is 0 Å². The van der Waals surface area contributed by atoms with E-state index < -0.39 is 43.7 Å². The van der Waals surface area contributed by atoms with Gasteiger partial charge in [0.2, 0.25) is 9.84 Å². The monoisotopic (exact) mass is 375 g/mol.